The Morgan fingerprint density at radius 2 is 2.15 bits per heavy atom. The fraction of sp³-hybridized carbons (Fsp3) is 0.933. The van der Waals surface area contributed by atoms with Gasteiger partial charge in [-0.05, 0) is 44.2 Å². The van der Waals surface area contributed by atoms with Gasteiger partial charge in [0.05, 0.1) is 0 Å². The Bertz CT molecular complexity index is 334. The van der Waals surface area contributed by atoms with Crippen LogP contribution in [-0.4, -0.2) is 62.6 Å². The average Bonchev–Trinajstić information content (AvgIpc) is 2.98. The smallest absolute Gasteiger partial charge is 0.193 e. The second kappa shape index (κ2) is 7.82. The van der Waals surface area contributed by atoms with Crippen LogP contribution in [0.3, 0.4) is 0 Å². The van der Waals surface area contributed by atoms with E-state index in [1.807, 2.05) is 7.05 Å². The number of halogens is 1. The average molecular weight is 394 g/mol. The van der Waals surface area contributed by atoms with E-state index in [9.17, 15) is 0 Å². The van der Waals surface area contributed by atoms with Gasteiger partial charge in [-0.1, -0.05) is 13.8 Å². The first-order valence-electron chi connectivity index (χ1n) is 7.70. The number of nitrogens with one attached hydrogen (secondary N) is 1. The van der Waals surface area contributed by atoms with Crippen molar-refractivity contribution in [2.45, 2.75) is 33.1 Å². The van der Waals surface area contributed by atoms with Crippen LogP contribution in [0.1, 0.15) is 33.1 Å². The van der Waals surface area contributed by atoms with Gasteiger partial charge in [-0.25, -0.2) is 0 Å². The van der Waals surface area contributed by atoms with Gasteiger partial charge in [0, 0.05) is 33.2 Å². The van der Waals surface area contributed by atoms with Gasteiger partial charge in [-0.2, -0.15) is 0 Å². The van der Waals surface area contributed by atoms with Crippen LogP contribution in [0.15, 0.2) is 4.99 Å². The molecule has 2 aliphatic heterocycles. The van der Waals surface area contributed by atoms with E-state index in [2.05, 4.69) is 41.0 Å². The fourth-order valence-corrected chi connectivity index (χ4v) is 3.25. The minimum atomic E-state index is 0. The number of likely N-dealkylation sites (tertiary alicyclic amines) is 2. The lowest BCUT2D eigenvalue weighted by molar-refractivity contribution is 0.321. The van der Waals surface area contributed by atoms with E-state index in [1.165, 1.54) is 32.4 Å². The Morgan fingerprint density at radius 3 is 2.65 bits per heavy atom. The lowest BCUT2D eigenvalue weighted by atomic mass is 9.87. The van der Waals surface area contributed by atoms with E-state index in [1.54, 1.807) is 0 Å². The number of hydrogen-bond acceptors (Lipinski definition) is 2. The molecule has 2 saturated heterocycles. The third kappa shape index (κ3) is 4.48. The summed E-state index contributed by atoms with van der Waals surface area (Å²) >= 11 is 0. The van der Waals surface area contributed by atoms with Gasteiger partial charge in [-0.15, -0.1) is 24.0 Å². The second-order valence-corrected chi connectivity index (χ2v) is 6.68. The largest absolute Gasteiger partial charge is 0.356 e. The molecule has 0 aromatic heterocycles. The maximum Gasteiger partial charge on any atom is 0.193 e. The predicted molar refractivity (Wildman–Crippen MR) is 97.0 cm³/mol. The maximum atomic E-state index is 4.47. The van der Waals surface area contributed by atoms with Crippen molar-refractivity contribution < 1.29 is 0 Å². The second-order valence-electron chi connectivity index (χ2n) is 6.68. The van der Waals surface area contributed by atoms with Gasteiger partial charge in [-0.3, -0.25) is 4.99 Å². The molecule has 0 aromatic rings. The highest BCUT2D eigenvalue weighted by Gasteiger charge is 2.33. The van der Waals surface area contributed by atoms with E-state index >= 15 is 0 Å². The molecule has 118 valence electrons. The summed E-state index contributed by atoms with van der Waals surface area (Å²) in [5.41, 5.74) is 0.477. The van der Waals surface area contributed by atoms with Crippen molar-refractivity contribution in [2.75, 3.05) is 46.8 Å². The van der Waals surface area contributed by atoms with Gasteiger partial charge >= 0.3 is 0 Å². The summed E-state index contributed by atoms with van der Waals surface area (Å²) < 4.78 is 0. The Morgan fingerprint density at radius 1 is 1.40 bits per heavy atom. The molecule has 1 N–H and O–H groups in total. The summed E-state index contributed by atoms with van der Waals surface area (Å²) in [5.74, 6) is 1.88. The van der Waals surface area contributed by atoms with Crippen molar-refractivity contribution in [1.29, 1.82) is 0 Å². The zero-order valence-corrected chi connectivity index (χ0v) is 15.8. The standard InChI is InChI=1S/C15H30N4.HI/c1-5-15(2)7-9-19(12-15)14(16-3)17-10-13-6-8-18(4)11-13;/h13H,5-12H2,1-4H3,(H,16,17);1H. The highest BCUT2D eigenvalue weighted by Crippen LogP contribution is 2.32. The third-order valence-corrected chi connectivity index (χ3v) is 4.96. The van der Waals surface area contributed by atoms with Crippen molar-refractivity contribution in [3.8, 4) is 0 Å². The minimum Gasteiger partial charge on any atom is -0.356 e. The predicted octanol–water partition coefficient (Wildman–Crippen LogP) is 2.25. The van der Waals surface area contributed by atoms with Crippen molar-refractivity contribution in [1.82, 2.24) is 15.1 Å². The van der Waals surface area contributed by atoms with Crippen molar-refractivity contribution in [3.63, 3.8) is 0 Å². The summed E-state index contributed by atoms with van der Waals surface area (Å²) in [7, 11) is 4.12. The lowest BCUT2D eigenvalue weighted by Crippen LogP contribution is -2.43. The molecule has 0 aromatic carbocycles. The summed E-state index contributed by atoms with van der Waals surface area (Å²) in [6.45, 7) is 10.5. The number of nitrogens with zero attached hydrogens (tertiary/aromatic N) is 3. The Balaban J connectivity index is 0.00000200. The minimum absolute atomic E-state index is 0. The maximum absolute atomic E-state index is 4.47. The van der Waals surface area contributed by atoms with E-state index in [-0.39, 0.29) is 24.0 Å². The van der Waals surface area contributed by atoms with Crippen molar-refractivity contribution >= 4 is 29.9 Å². The van der Waals surface area contributed by atoms with Crippen LogP contribution < -0.4 is 5.32 Å². The molecule has 0 saturated carbocycles. The quantitative estimate of drug-likeness (QED) is 0.453. The number of guanidine groups is 1. The van der Waals surface area contributed by atoms with Crippen molar-refractivity contribution in [2.24, 2.45) is 16.3 Å². The van der Waals surface area contributed by atoms with E-state index in [4.69, 9.17) is 0 Å². The summed E-state index contributed by atoms with van der Waals surface area (Å²) in [5, 5.41) is 3.58. The van der Waals surface area contributed by atoms with Gasteiger partial charge < -0.3 is 15.1 Å². The highest BCUT2D eigenvalue weighted by molar-refractivity contribution is 14.0. The Hall–Kier alpha value is -0.0400. The zero-order valence-electron chi connectivity index (χ0n) is 13.5. The number of hydrogen-bond donors (Lipinski definition) is 1. The third-order valence-electron chi connectivity index (χ3n) is 4.96. The Labute approximate surface area is 141 Å². The topological polar surface area (TPSA) is 30.9 Å². The molecule has 0 aliphatic carbocycles. The molecule has 0 amide bonds. The first-order chi connectivity index (χ1) is 9.06. The SMILES string of the molecule is CCC1(C)CCN(C(=NC)NCC2CCN(C)C2)C1.I. The van der Waals surface area contributed by atoms with Crippen LogP contribution in [-0.2, 0) is 0 Å². The van der Waals surface area contributed by atoms with Crippen LogP contribution in [0.2, 0.25) is 0 Å². The molecular weight excluding hydrogens is 363 g/mol. The molecule has 0 spiro atoms. The molecule has 2 atom stereocenters. The molecule has 2 unspecified atom stereocenters. The van der Waals surface area contributed by atoms with Crippen LogP contribution in [0.5, 0.6) is 0 Å². The van der Waals surface area contributed by atoms with Crippen LogP contribution in [0.4, 0.5) is 0 Å². The fourth-order valence-electron chi connectivity index (χ4n) is 3.25. The zero-order chi connectivity index (χ0) is 13.9. The molecule has 2 rings (SSSR count). The molecule has 0 bridgehead atoms. The molecule has 20 heavy (non-hydrogen) atoms. The molecule has 2 heterocycles. The Kier molecular flexibility index (Phi) is 7.04. The first-order valence-corrected chi connectivity index (χ1v) is 7.70. The molecule has 2 aliphatic rings. The van der Waals surface area contributed by atoms with E-state index in [0.29, 0.717) is 5.41 Å². The molecule has 5 heteroatoms. The monoisotopic (exact) mass is 394 g/mol. The summed E-state index contributed by atoms with van der Waals surface area (Å²) in [6, 6.07) is 0. The summed E-state index contributed by atoms with van der Waals surface area (Å²) in [6.07, 6.45) is 3.86. The van der Waals surface area contributed by atoms with Crippen LogP contribution in [0, 0.1) is 11.3 Å². The highest BCUT2D eigenvalue weighted by atomic mass is 127. The number of rotatable bonds is 3. The van der Waals surface area contributed by atoms with Gasteiger partial charge in [0.25, 0.3) is 0 Å². The van der Waals surface area contributed by atoms with Crippen LogP contribution >= 0.6 is 24.0 Å². The molecule has 0 radical (unpaired) electrons. The molecule has 4 nitrogen and oxygen atoms in total. The van der Waals surface area contributed by atoms with Gasteiger partial charge in [0.1, 0.15) is 0 Å². The van der Waals surface area contributed by atoms with Gasteiger partial charge in [0.2, 0.25) is 0 Å². The van der Waals surface area contributed by atoms with E-state index < -0.39 is 0 Å². The summed E-state index contributed by atoms with van der Waals surface area (Å²) in [4.78, 5) is 9.32. The van der Waals surface area contributed by atoms with Crippen LogP contribution in [0.25, 0.3) is 0 Å². The molecule has 2 fully saturated rings. The first kappa shape index (κ1) is 18.0. The lowest BCUT2D eigenvalue weighted by Gasteiger charge is -2.26. The van der Waals surface area contributed by atoms with E-state index in [0.717, 1.165) is 31.5 Å². The normalized spacial score (nSPS) is 31.5. The van der Waals surface area contributed by atoms with Gasteiger partial charge in [0.15, 0.2) is 5.96 Å². The molecular formula is C15H31IN4. The van der Waals surface area contributed by atoms with Crippen molar-refractivity contribution in [3.05, 3.63) is 0 Å². The number of aliphatic imine (C=N–C) groups is 1.